The van der Waals surface area contributed by atoms with Gasteiger partial charge in [-0.05, 0) is 6.07 Å². The number of rotatable bonds is 2. The Morgan fingerprint density at radius 3 is 2.71 bits per heavy atom. The highest BCUT2D eigenvalue weighted by Crippen LogP contribution is 2.22. The second-order valence-electron chi connectivity index (χ2n) is 3.65. The van der Waals surface area contributed by atoms with Crippen LogP contribution >= 0.6 is 0 Å². The molecular weight excluding hydrogens is 228 g/mol. The van der Waals surface area contributed by atoms with Gasteiger partial charge in [0.05, 0.1) is 11.5 Å². The van der Waals surface area contributed by atoms with Crippen LogP contribution in [0.25, 0.3) is 0 Å². The van der Waals surface area contributed by atoms with Crippen LogP contribution < -0.4 is 4.90 Å². The maximum atomic E-state index is 11.7. The topological polar surface area (TPSA) is 99.8 Å². The van der Waals surface area contributed by atoms with Gasteiger partial charge in [-0.15, -0.1) is 0 Å². The molecule has 0 aliphatic carbocycles. The van der Waals surface area contributed by atoms with Gasteiger partial charge in [-0.1, -0.05) is 0 Å². The molecule has 2 rings (SSSR count). The highest BCUT2D eigenvalue weighted by atomic mass is 16.6. The molecule has 1 atom stereocenters. The molecule has 17 heavy (non-hydrogen) atoms. The lowest BCUT2D eigenvalue weighted by Gasteiger charge is -2.17. The van der Waals surface area contributed by atoms with Crippen LogP contribution in [0.15, 0.2) is 18.3 Å². The number of β-amino-alcohol motifs (C(OH)–C–C–N with tert-alkyl or cyclic N) is 1. The van der Waals surface area contributed by atoms with Crippen LogP contribution in [0, 0.1) is 10.1 Å². The number of aliphatic hydroxyl groups is 1. The number of hydrogen-bond donors (Lipinski definition) is 1. The maximum Gasteiger partial charge on any atom is 0.327 e. The number of nitrogens with zero attached hydrogens (tertiary/aromatic N) is 4. The first kappa shape index (κ1) is 11.3. The van der Waals surface area contributed by atoms with Gasteiger partial charge in [0.15, 0.2) is 6.23 Å². The maximum absolute atomic E-state index is 11.7. The van der Waals surface area contributed by atoms with Crippen molar-refractivity contribution in [3.8, 4) is 0 Å². The van der Waals surface area contributed by atoms with Gasteiger partial charge in [0.1, 0.15) is 12.0 Å². The minimum Gasteiger partial charge on any atom is -0.371 e. The third kappa shape index (κ3) is 1.89. The van der Waals surface area contributed by atoms with Gasteiger partial charge in [-0.25, -0.2) is 14.7 Å². The van der Waals surface area contributed by atoms with Crippen molar-refractivity contribution in [1.29, 1.82) is 0 Å². The average molecular weight is 238 g/mol. The van der Waals surface area contributed by atoms with Crippen molar-refractivity contribution in [2.24, 2.45) is 0 Å². The van der Waals surface area contributed by atoms with E-state index in [1.165, 1.54) is 17.0 Å². The number of amides is 2. The Hall–Kier alpha value is -2.22. The van der Waals surface area contributed by atoms with Gasteiger partial charge in [0.25, 0.3) is 5.69 Å². The molecule has 0 spiro atoms. The quantitative estimate of drug-likeness (QED) is 0.585. The van der Waals surface area contributed by atoms with E-state index in [1.807, 2.05) is 0 Å². The molecule has 1 aliphatic heterocycles. The normalized spacial score (nSPS) is 19.9. The van der Waals surface area contributed by atoms with Crippen molar-refractivity contribution in [2.45, 2.75) is 6.23 Å². The number of pyridine rings is 1. The fourth-order valence-electron chi connectivity index (χ4n) is 1.60. The zero-order valence-electron chi connectivity index (χ0n) is 8.98. The first-order valence-electron chi connectivity index (χ1n) is 4.83. The van der Waals surface area contributed by atoms with Gasteiger partial charge in [0, 0.05) is 13.1 Å². The number of likely N-dealkylation sites (N-methyl/N-ethyl adjacent to an activating group) is 1. The van der Waals surface area contributed by atoms with Gasteiger partial charge >= 0.3 is 6.03 Å². The molecule has 1 aromatic rings. The van der Waals surface area contributed by atoms with E-state index in [-0.39, 0.29) is 24.1 Å². The van der Waals surface area contributed by atoms with Crippen molar-refractivity contribution in [3.05, 3.63) is 28.4 Å². The Kier molecular flexibility index (Phi) is 2.64. The summed E-state index contributed by atoms with van der Waals surface area (Å²) in [6.07, 6.45) is 0.0645. The van der Waals surface area contributed by atoms with Gasteiger partial charge in [-0.2, -0.15) is 0 Å². The first-order chi connectivity index (χ1) is 8.00. The average Bonchev–Trinajstić information content (AvgIpc) is 2.53. The number of urea groups is 1. The number of aromatic nitrogens is 1. The summed E-state index contributed by atoms with van der Waals surface area (Å²) in [5.41, 5.74) is -0.164. The van der Waals surface area contributed by atoms with Gasteiger partial charge in [-0.3, -0.25) is 10.1 Å². The van der Waals surface area contributed by atoms with Crippen molar-refractivity contribution in [1.82, 2.24) is 9.88 Å². The number of nitro groups is 1. The minimum absolute atomic E-state index is 0.164. The smallest absolute Gasteiger partial charge is 0.327 e. The molecule has 0 aromatic carbocycles. The largest absolute Gasteiger partial charge is 0.371 e. The van der Waals surface area contributed by atoms with Crippen molar-refractivity contribution < 1.29 is 14.8 Å². The highest BCUT2D eigenvalue weighted by Gasteiger charge is 2.35. The summed E-state index contributed by atoms with van der Waals surface area (Å²) in [4.78, 5) is 27.7. The predicted octanol–water partition coefficient (Wildman–Crippen LogP) is 0.180. The number of anilines is 1. The van der Waals surface area contributed by atoms with E-state index in [0.717, 1.165) is 11.1 Å². The fraction of sp³-hybridized carbons (Fsp3) is 0.333. The van der Waals surface area contributed by atoms with E-state index in [9.17, 15) is 20.0 Å². The van der Waals surface area contributed by atoms with Gasteiger partial charge < -0.3 is 10.0 Å². The summed E-state index contributed by atoms with van der Waals surface area (Å²) in [6, 6.07) is 2.18. The monoisotopic (exact) mass is 238 g/mol. The molecule has 1 aliphatic rings. The Labute approximate surface area is 96.2 Å². The molecule has 90 valence electrons. The van der Waals surface area contributed by atoms with E-state index in [4.69, 9.17) is 0 Å². The third-order valence-electron chi connectivity index (χ3n) is 2.46. The molecule has 8 heteroatoms. The Morgan fingerprint density at radius 2 is 2.29 bits per heavy atom. The van der Waals surface area contributed by atoms with Crippen LogP contribution in [0.3, 0.4) is 0 Å². The molecule has 1 aromatic heterocycles. The van der Waals surface area contributed by atoms with Gasteiger partial charge in [0.2, 0.25) is 0 Å². The summed E-state index contributed by atoms with van der Waals surface area (Å²) >= 11 is 0. The molecule has 2 heterocycles. The number of hydrogen-bond acceptors (Lipinski definition) is 5. The fourth-order valence-corrected chi connectivity index (χ4v) is 1.60. The summed E-state index contributed by atoms with van der Waals surface area (Å²) in [7, 11) is 1.55. The molecule has 8 nitrogen and oxygen atoms in total. The Morgan fingerprint density at radius 1 is 1.59 bits per heavy atom. The predicted molar refractivity (Wildman–Crippen MR) is 57.4 cm³/mol. The summed E-state index contributed by atoms with van der Waals surface area (Å²) in [5, 5.41) is 20.1. The number of carbonyl (C=O) groups is 1. The van der Waals surface area contributed by atoms with Crippen LogP contribution in [0.2, 0.25) is 0 Å². The van der Waals surface area contributed by atoms with Crippen molar-refractivity contribution in [2.75, 3.05) is 18.5 Å². The first-order valence-corrected chi connectivity index (χ1v) is 4.83. The zero-order chi connectivity index (χ0) is 12.6. The lowest BCUT2D eigenvalue weighted by molar-refractivity contribution is -0.385. The molecule has 0 saturated carbocycles. The molecule has 1 saturated heterocycles. The lowest BCUT2D eigenvalue weighted by atomic mass is 10.4. The van der Waals surface area contributed by atoms with E-state index >= 15 is 0 Å². The van der Waals surface area contributed by atoms with Crippen LogP contribution in [0.4, 0.5) is 16.3 Å². The standard InChI is InChI=1S/C9H10N4O4/c1-11-5-8(14)12(9(11)15)7-3-2-6(4-10-7)13(16)17/h2-4,8,14H,5H2,1H3. The summed E-state index contributed by atoms with van der Waals surface area (Å²) in [5.74, 6) is 0.192. The lowest BCUT2D eigenvalue weighted by Crippen LogP contribution is -2.34. The zero-order valence-corrected chi connectivity index (χ0v) is 8.98. The highest BCUT2D eigenvalue weighted by molar-refractivity contribution is 5.93. The Balaban J connectivity index is 2.28. The van der Waals surface area contributed by atoms with E-state index in [0.29, 0.717) is 0 Å². The van der Waals surface area contributed by atoms with E-state index in [2.05, 4.69) is 4.98 Å². The molecule has 2 amide bonds. The van der Waals surface area contributed by atoms with E-state index < -0.39 is 11.2 Å². The Bertz CT molecular complexity index is 461. The van der Waals surface area contributed by atoms with Crippen molar-refractivity contribution in [3.63, 3.8) is 0 Å². The number of carbonyl (C=O) groups excluding carboxylic acids is 1. The number of aliphatic hydroxyl groups excluding tert-OH is 1. The van der Waals surface area contributed by atoms with Crippen LogP contribution in [0.1, 0.15) is 0 Å². The van der Waals surface area contributed by atoms with Crippen LogP contribution in [-0.4, -0.2) is 45.8 Å². The second kappa shape index (κ2) is 3.98. The summed E-state index contributed by atoms with van der Waals surface area (Å²) < 4.78 is 0. The molecule has 1 fully saturated rings. The third-order valence-corrected chi connectivity index (χ3v) is 2.46. The minimum atomic E-state index is -0.985. The molecular formula is C9H10N4O4. The summed E-state index contributed by atoms with van der Waals surface area (Å²) in [6.45, 7) is 0.178. The van der Waals surface area contributed by atoms with Crippen LogP contribution in [0.5, 0.6) is 0 Å². The van der Waals surface area contributed by atoms with Crippen LogP contribution in [-0.2, 0) is 0 Å². The molecule has 0 bridgehead atoms. The molecule has 0 radical (unpaired) electrons. The molecule has 1 N–H and O–H groups in total. The molecule has 1 unspecified atom stereocenters. The van der Waals surface area contributed by atoms with E-state index in [1.54, 1.807) is 7.05 Å². The SMILES string of the molecule is CN1CC(O)N(c2ccc([N+](=O)[O-])cn2)C1=O. The second-order valence-corrected chi connectivity index (χ2v) is 3.65. The van der Waals surface area contributed by atoms with Crippen molar-refractivity contribution >= 4 is 17.5 Å².